The molecule has 0 aliphatic carbocycles. The maximum absolute atomic E-state index is 12.7. The molecular formula is C19H18BrClN2O4. The summed E-state index contributed by atoms with van der Waals surface area (Å²) in [5, 5.41) is 0.469. The lowest BCUT2D eigenvalue weighted by Gasteiger charge is -2.30. The molecule has 6 nitrogen and oxygen atoms in total. The first-order chi connectivity index (χ1) is 12.9. The summed E-state index contributed by atoms with van der Waals surface area (Å²) in [7, 11) is 3.27. The second kappa shape index (κ2) is 8.19. The van der Waals surface area contributed by atoms with Gasteiger partial charge in [0.2, 0.25) is 5.91 Å². The van der Waals surface area contributed by atoms with Crippen LogP contribution in [0.3, 0.4) is 0 Å². The zero-order valence-corrected chi connectivity index (χ0v) is 17.2. The normalized spacial score (nSPS) is 13.0. The molecule has 1 aliphatic rings. The van der Waals surface area contributed by atoms with Crippen molar-refractivity contribution in [3.05, 3.63) is 51.5 Å². The molecule has 2 aromatic rings. The summed E-state index contributed by atoms with van der Waals surface area (Å²) in [6.45, 7) is 0.149. The van der Waals surface area contributed by atoms with E-state index in [4.69, 9.17) is 21.1 Å². The molecule has 0 saturated carbocycles. The summed E-state index contributed by atoms with van der Waals surface area (Å²) in [6.07, 6.45) is 0. The van der Waals surface area contributed by atoms with Crippen LogP contribution in [0.25, 0.3) is 0 Å². The molecule has 1 heterocycles. The number of hydrogen-bond donors (Lipinski definition) is 0. The molecule has 142 valence electrons. The number of anilines is 1. The minimum absolute atomic E-state index is 0.0949. The Labute approximate surface area is 170 Å². The lowest BCUT2D eigenvalue weighted by atomic mass is 10.2. The topological polar surface area (TPSA) is 59.1 Å². The Morgan fingerprint density at radius 1 is 1.33 bits per heavy atom. The standard InChI is InChI=1S/C19H18BrClN2O4/c1-22(9-12-7-13(20)3-5-16(12)26-2)18(24)10-23-15-8-14(21)4-6-17(15)27-11-19(23)25/h3-8H,9-11H2,1-2H3. The first-order valence-corrected chi connectivity index (χ1v) is 9.35. The summed E-state index contributed by atoms with van der Waals surface area (Å²) < 4.78 is 11.7. The Morgan fingerprint density at radius 2 is 2.11 bits per heavy atom. The van der Waals surface area contributed by atoms with E-state index >= 15 is 0 Å². The molecule has 0 radical (unpaired) electrons. The quantitative estimate of drug-likeness (QED) is 0.695. The highest BCUT2D eigenvalue weighted by molar-refractivity contribution is 9.10. The van der Waals surface area contributed by atoms with Gasteiger partial charge in [0.15, 0.2) is 6.61 Å². The maximum Gasteiger partial charge on any atom is 0.265 e. The number of likely N-dealkylation sites (N-methyl/N-ethyl adjacent to an activating group) is 1. The molecule has 0 spiro atoms. The molecule has 3 rings (SSSR count). The molecule has 0 unspecified atom stereocenters. The number of methoxy groups -OCH3 is 1. The lowest BCUT2D eigenvalue weighted by molar-refractivity contribution is -0.131. The van der Waals surface area contributed by atoms with E-state index in [0.717, 1.165) is 10.0 Å². The minimum atomic E-state index is -0.286. The number of hydrogen-bond acceptors (Lipinski definition) is 4. The second-order valence-electron chi connectivity index (χ2n) is 6.09. The van der Waals surface area contributed by atoms with Crippen molar-refractivity contribution in [3.8, 4) is 11.5 Å². The van der Waals surface area contributed by atoms with Crippen molar-refractivity contribution in [1.29, 1.82) is 0 Å². The number of fused-ring (bicyclic) bond motifs is 1. The highest BCUT2D eigenvalue weighted by atomic mass is 79.9. The smallest absolute Gasteiger partial charge is 0.265 e. The zero-order chi connectivity index (χ0) is 19.6. The first kappa shape index (κ1) is 19.5. The van der Waals surface area contributed by atoms with Crippen LogP contribution in [0.15, 0.2) is 40.9 Å². The number of carbonyl (C=O) groups is 2. The Kier molecular flexibility index (Phi) is 5.92. The molecule has 8 heteroatoms. The van der Waals surface area contributed by atoms with Crippen molar-refractivity contribution < 1.29 is 19.1 Å². The summed E-state index contributed by atoms with van der Waals surface area (Å²) >= 11 is 9.46. The zero-order valence-electron chi connectivity index (χ0n) is 14.9. The van der Waals surface area contributed by atoms with Crippen LogP contribution >= 0.6 is 27.5 Å². The molecule has 0 atom stereocenters. The van der Waals surface area contributed by atoms with Crippen molar-refractivity contribution in [1.82, 2.24) is 4.90 Å². The van der Waals surface area contributed by atoms with Crippen LogP contribution in [0.1, 0.15) is 5.56 Å². The van der Waals surface area contributed by atoms with Gasteiger partial charge < -0.3 is 14.4 Å². The van der Waals surface area contributed by atoms with E-state index in [0.29, 0.717) is 28.8 Å². The minimum Gasteiger partial charge on any atom is -0.496 e. The summed E-state index contributed by atoms with van der Waals surface area (Å²) in [4.78, 5) is 28.0. The molecule has 0 bridgehead atoms. The fraction of sp³-hybridized carbons (Fsp3) is 0.263. The number of nitrogens with zero attached hydrogens (tertiary/aromatic N) is 2. The highest BCUT2D eigenvalue weighted by Gasteiger charge is 2.28. The molecule has 0 saturated heterocycles. The predicted octanol–water partition coefficient (Wildman–Crippen LogP) is 3.50. The largest absolute Gasteiger partial charge is 0.496 e. The fourth-order valence-electron chi connectivity index (χ4n) is 2.82. The molecule has 2 amide bonds. The number of ether oxygens (including phenoxy) is 2. The van der Waals surface area contributed by atoms with Gasteiger partial charge >= 0.3 is 0 Å². The third-order valence-corrected chi connectivity index (χ3v) is 4.96. The van der Waals surface area contributed by atoms with Gasteiger partial charge in [-0.05, 0) is 36.4 Å². The summed E-state index contributed by atoms with van der Waals surface area (Å²) in [5.74, 6) is 0.727. The van der Waals surface area contributed by atoms with Crippen LogP contribution in [0.2, 0.25) is 5.02 Å². The Bertz CT molecular complexity index is 890. The van der Waals surface area contributed by atoms with Crippen LogP contribution in [0.5, 0.6) is 11.5 Å². The predicted molar refractivity (Wildman–Crippen MR) is 106 cm³/mol. The molecule has 27 heavy (non-hydrogen) atoms. The number of amides is 2. The van der Waals surface area contributed by atoms with Gasteiger partial charge in [-0.1, -0.05) is 27.5 Å². The van der Waals surface area contributed by atoms with Crippen LogP contribution in [-0.4, -0.2) is 44.0 Å². The van der Waals surface area contributed by atoms with Crippen LogP contribution in [-0.2, 0) is 16.1 Å². The van der Waals surface area contributed by atoms with Crippen molar-refractivity contribution in [3.63, 3.8) is 0 Å². The monoisotopic (exact) mass is 452 g/mol. The molecule has 0 fully saturated rings. The molecule has 0 aromatic heterocycles. The average Bonchev–Trinajstić information content (AvgIpc) is 2.64. The van der Waals surface area contributed by atoms with E-state index in [1.54, 1.807) is 37.3 Å². The first-order valence-electron chi connectivity index (χ1n) is 8.18. The third-order valence-electron chi connectivity index (χ3n) is 4.23. The van der Waals surface area contributed by atoms with Gasteiger partial charge in [0.05, 0.1) is 12.8 Å². The number of benzene rings is 2. The van der Waals surface area contributed by atoms with Gasteiger partial charge in [-0.3, -0.25) is 14.5 Å². The van der Waals surface area contributed by atoms with E-state index < -0.39 is 0 Å². The van der Waals surface area contributed by atoms with E-state index in [1.807, 2.05) is 18.2 Å². The van der Waals surface area contributed by atoms with Gasteiger partial charge in [-0.2, -0.15) is 0 Å². The second-order valence-corrected chi connectivity index (χ2v) is 7.44. The molecule has 0 N–H and O–H groups in total. The van der Waals surface area contributed by atoms with E-state index in [2.05, 4.69) is 15.9 Å². The van der Waals surface area contributed by atoms with Gasteiger partial charge in [0.1, 0.15) is 18.0 Å². The third kappa shape index (κ3) is 4.36. The van der Waals surface area contributed by atoms with Crippen molar-refractivity contribution in [2.75, 3.05) is 32.2 Å². The number of carbonyl (C=O) groups excluding carboxylic acids is 2. The van der Waals surface area contributed by atoms with E-state index in [9.17, 15) is 9.59 Å². The van der Waals surface area contributed by atoms with Gasteiger partial charge in [0.25, 0.3) is 5.91 Å². The van der Waals surface area contributed by atoms with Crippen LogP contribution in [0.4, 0.5) is 5.69 Å². The van der Waals surface area contributed by atoms with Crippen LogP contribution in [0, 0.1) is 0 Å². The van der Waals surface area contributed by atoms with E-state index in [-0.39, 0.29) is 25.0 Å². The van der Waals surface area contributed by atoms with E-state index in [1.165, 1.54) is 4.90 Å². The summed E-state index contributed by atoms with van der Waals surface area (Å²) in [6, 6.07) is 10.6. The number of rotatable bonds is 5. The van der Waals surface area contributed by atoms with Crippen molar-refractivity contribution in [2.45, 2.75) is 6.54 Å². The maximum atomic E-state index is 12.7. The molecule has 2 aromatic carbocycles. The highest BCUT2D eigenvalue weighted by Crippen LogP contribution is 2.34. The molecule has 1 aliphatic heterocycles. The van der Waals surface area contributed by atoms with Crippen molar-refractivity contribution in [2.24, 2.45) is 0 Å². The Hall–Kier alpha value is -2.25. The van der Waals surface area contributed by atoms with Gasteiger partial charge in [-0.25, -0.2) is 0 Å². The molecular weight excluding hydrogens is 436 g/mol. The average molecular weight is 454 g/mol. The number of halogens is 2. The fourth-order valence-corrected chi connectivity index (χ4v) is 3.39. The van der Waals surface area contributed by atoms with Crippen LogP contribution < -0.4 is 14.4 Å². The van der Waals surface area contributed by atoms with Gasteiger partial charge in [-0.15, -0.1) is 0 Å². The Balaban J connectivity index is 1.77. The van der Waals surface area contributed by atoms with Gasteiger partial charge in [0, 0.05) is 28.7 Å². The Morgan fingerprint density at radius 3 is 2.85 bits per heavy atom. The summed E-state index contributed by atoms with van der Waals surface area (Å²) in [5.41, 5.74) is 1.36. The SMILES string of the molecule is COc1ccc(Br)cc1CN(C)C(=O)CN1C(=O)COc2ccc(Cl)cc21. The lowest BCUT2D eigenvalue weighted by Crippen LogP contribution is -2.45. The van der Waals surface area contributed by atoms with Crippen molar-refractivity contribution >= 4 is 45.0 Å².